The van der Waals surface area contributed by atoms with Crippen molar-refractivity contribution in [3.8, 4) is 0 Å². The van der Waals surface area contributed by atoms with Gasteiger partial charge in [0.05, 0.1) is 24.6 Å². The number of nitrogens with two attached hydrogens (primary N) is 1. The second kappa shape index (κ2) is 8.72. The molecule has 3 N–H and O–H groups in total. The van der Waals surface area contributed by atoms with Crippen molar-refractivity contribution >= 4 is 11.4 Å². The number of nitrogens with one attached hydrogen (secondary N) is 1. The summed E-state index contributed by atoms with van der Waals surface area (Å²) in [5.41, 5.74) is 7.58. The van der Waals surface area contributed by atoms with E-state index in [9.17, 15) is 4.39 Å². The molecule has 1 aromatic rings. The fourth-order valence-corrected chi connectivity index (χ4v) is 1.65. The van der Waals surface area contributed by atoms with Crippen molar-refractivity contribution in [1.29, 1.82) is 0 Å². The van der Waals surface area contributed by atoms with Crippen molar-refractivity contribution in [2.45, 2.75) is 19.8 Å². The third-order valence-electron chi connectivity index (χ3n) is 2.79. The van der Waals surface area contributed by atoms with Gasteiger partial charge in [-0.25, -0.2) is 4.39 Å². The summed E-state index contributed by atoms with van der Waals surface area (Å²) in [6, 6.07) is 3.09. The van der Waals surface area contributed by atoms with Gasteiger partial charge in [0, 0.05) is 20.3 Å². The molecule has 0 amide bonds. The van der Waals surface area contributed by atoms with Crippen molar-refractivity contribution in [3.05, 3.63) is 23.5 Å². The normalized spacial score (nSPS) is 10.7. The summed E-state index contributed by atoms with van der Waals surface area (Å²) in [7, 11) is 1.66. The fourth-order valence-electron chi connectivity index (χ4n) is 1.65. The highest BCUT2D eigenvalue weighted by molar-refractivity contribution is 5.67. The molecule has 0 aliphatic heterocycles. The summed E-state index contributed by atoms with van der Waals surface area (Å²) in [4.78, 5) is 0. The lowest BCUT2D eigenvalue weighted by Crippen LogP contribution is -2.07. The molecule has 19 heavy (non-hydrogen) atoms. The molecule has 0 spiro atoms. The smallest absolute Gasteiger partial charge is 0.128 e. The lowest BCUT2D eigenvalue weighted by Gasteiger charge is -2.11. The Balaban J connectivity index is 2.17. The van der Waals surface area contributed by atoms with Crippen molar-refractivity contribution in [3.63, 3.8) is 0 Å². The van der Waals surface area contributed by atoms with Crippen LogP contribution < -0.4 is 11.1 Å². The number of benzene rings is 1. The maximum absolute atomic E-state index is 13.2. The van der Waals surface area contributed by atoms with E-state index in [0.717, 1.165) is 31.7 Å². The van der Waals surface area contributed by atoms with Crippen LogP contribution >= 0.6 is 0 Å². The minimum Gasteiger partial charge on any atom is -0.397 e. The minimum atomic E-state index is -0.269. The number of hydrogen-bond donors (Lipinski definition) is 2. The maximum atomic E-state index is 13.2. The van der Waals surface area contributed by atoms with Crippen LogP contribution in [0, 0.1) is 12.7 Å². The second-order valence-corrected chi connectivity index (χ2v) is 4.43. The molecule has 0 aliphatic carbocycles. The summed E-state index contributed by atoms with van der Waals surface area (Å²) < 4.78 is 23.5. The molecule has 1 aromatic carbocycles. The molecule has 0 saturated heterocycles. The molecule has 1 rings (SSSR count). The van der Waals surface area contributed by atoms with E-state index >= 15 is 0 Å². The van der Waals surface area contributed by atoms with E-state index in [2.05, 4.69) is 5.32 Å². The topological polar surface area (TPSA) is 56.5 Å². The van der Waals surface area contributed by atoms with Crippen molar-refractivity contribution in [2.75, 3.05) is 44.5 Å². The van der Waals surface area contributed by atoms with Crippen molar-refractivity contribution in [2.24, 2.45) is 0 Å². The summed E-state index contributed by atoms with van der Waals surface area (Å²) >= 11 is 0. The molecule has 5 heteroatoms. The number of aryl methyl sites for hydroxylation is 1. The van der Waals surface area contributed by atoms with Crippen LogP contribution in [0.25, 0.3) is 0 Å². The van der Waals surface area contributed by atoms with Crippen LogP contribution in [-0.2, 0) is 9.47 Å². The Morgan fingerprint density at radius 3 is 2.74 bits per heavy atom. The third kappa shape index (κ3) is 5.89. The van der Waals surface area contributed by atoms with Crippen LogP contribution in [0.15, 0.2) is 12.1 Å². The van der Waals surface area contributed by atoms with Crippen molar-refractivity contribution < 1.29 is 13.9 Å². The minimum absolute atomic E-state index is 0.269. The highest BCUT2D eigenvalue weighted by Gasteiger charge is 2.03. The first kappa shape index (κ1) is 15.7. The quantitative estimate of drug-likeness (QED) is 0.535. The van der Waals surface area contributed by atoms with Crippen LogP contribution in [0.1, 0.15) is 18.4 Å². The standard InChI is InChI=1S/C14H23FN2O2/c1-11-9-14(13(16)10-12(11)15)17-5-3-4-6-19-8-7-18-2/h9-10,17H,3-8,16H2,1-2H3. The summed E-state index contributed by atoms with van der Waals surface area (Å²) in [6.07, 6.45) is 1.94. The first-order valence-electron chi connectivity index (χ1n) is 6.51. The maximum Gasteiger partial charge on any atom is 0.128 e. The first-order chi connectivity index (χ1) is 9.15. The Morgan fingerprint density at radius 2 is 2.00 bits per heavy atom. The average Bonchev–Trinajstić information content (AvgIpc) is 2.38. The zero-order valence-corrected chi connectivity index (χ0v) is 11.7. The SMILES string of the molecule is COCCOCCCCNc1cc(C)c(F)cc1N. The van der Waals surface area contributed by atoms with Crippen LogP contribution in [0.2, 0.25) is 0 Å². The molecule has 0 aliphatic rings. The van der Waals surface area contributed by atoms with Gasteiger partial charge in [0.1, 0.15) is 5.82 Å². The molecule has 108 valence electrons. The van der Waals surface area contributed by atoms with Gasteiger partial charge in [-0.3, -0.25) is 0 Å². The molecule has 0 fully saturated rings. The number of nitrogen functional groups attached to an aromatic ring is 1. The number of rotatable bonds is 9. The zero-order chi connectivity index (χ0) is 14.1. The Kier molecular flexibility index (Phi) is 7.22. The van der Waals surface area contributed by atoms with E-state index in [1.165, 1.54) is 6.07 Å². The first-order valence-corrected chi connectivity index (χ1v) is 6.51. The Bertz CT molecular complexity index is 386. The average molecular weight is 270 g/mol. The van der Waals surface area contributed by atoms with Gasteiger partial charge < -0.3 is 20.5 Å². The Morgan fingerprint density at radius 1 is 1.21 bits per heavy atom. The molecule has 0 aromatic heterocycles. The van der Waals surface area contributed by atoms with Gasteiger partial charge >= 0.3 is 0 Å². The van der Waals surface area contributed by atoms with Gasteiger partial charge in [0.25, 0.3) is 0 Å². The molecule has 0 saturated carbocycles. The van der Waals surface area contributed by atoms with E-state index in [4.69, 9.17) is 15.2 Å². The van der Waals surface area contributed by atoms with E-state index in [1.807, 2.05) is 0 Å². The van der Waals surface area contributed by atoms with E-state index in [-0.39, 0.29) is 5.82 Å². The Labute approximate surface area is 114 Å². The molecule has 0 atom stereocenters. The highest BCUT2D eigenvalue weighted by Crippen LogP contribution is 2.22. The molecular formula is C14H23FN2O2. The van der Waals surface area contributed by atoms with Gasteiger partial charge in [-0.15, -0.1) is 0 Å². The summed E-state index contributed by atoms with van der Waals surface area (Å²) in [6.45, 7) is 4.51. The number of anilines is 2. The molecule has 0 unspecified atom stereocenters. The number of hydrogen-bond acceptors (Lipinski definition) is 4. The van der Waals surface area contributed by atoms with Gasteiger partial charge in [-0.1, -0.05) is 0 Å². The predicted molar refractivity (Wildman–Crippen MR) is 76.0 cm³/mol. The summed E-state index contributed by atoms with van der Waals surface area (Å²) in [5.74, 6) is -0.269. The third-order valence-corrected chi connectivity index (χ3v) is 2.79. The molecule has 0 heterocycles. The van der Waals surface area contributed by atoms with Crippen molar-refractivity contribution in [1.82, 2.24) is 0 Å². The monoisotopic (exact) mass is 270 g/mol. The molecular weight excluding hydrogens is 247 g/mol. The van der Waals surface area contributed by atoms with Crippen LogP contribution in [0.3, 0.4) is 0 Å². The fraction of sp³-hybridized carbons (Fsp3) is 0.571. The van der Waals surface area contributed by atoms with Gasteiger partial charge in [0.2, 0.25) is 0 Å². The summed E-state index contributed by atoms with van der Waals surface area (Å²) in [5, 5.41) is 3.21. The van der Waals surface area contributed by atoms with Crippen LogP contribution in [0.5, 0.6) is 0 Å². The lowest BCUT2D eigenvalue weighted by molar-refractivity contribution is 0.0691. The predicted octanol–water partition coefficient (Wildman–Crippen LogP) is 2.57. The Hall–Kier alpha value is -1.33. The highest BCUT2D eigenvalue weighted by atomic mass is 19.1. The van der Waals surface area contributed by atoms with E-state index in [0.29, 0.717) is 24.5 Å². The van der Waals surface area contributed by atoms with Gasteiger partial charge in [-0.05, 0) is 37.5 Å². The van der Waals surface area contributed by atoms with Crippen LogP contribution in [-0.4, -0.2) is 33.5 Å². The van der Waals surface area contributed by atoms with Gasteiger partial charge in [0.15, 0.2) is 0 Å². The molecule has 0 radical (unpaired) electrons. The number of halogens is 1. The zero-order valence-electron chi connectivity index (χ0n) is 11.7. The van der Waals surface area contributed by atoms with Gasteiger partial charge in [-0.2, -0.15) is 0 Å². The number of ether oxygens (including phenoxy) is 2. The molecule has 0 bridgehead atoms. The second-order valence-electron chi connectivity index (χ2n) is 4.43. The van der Waals surface area contributed by atoms with E-state index < -0.39 is 0 Å². The lowest BCUT2D eigenvalue weighted by atomic mass is 10.1. The largest absolute Gasteiger partial charge is 0.397 e. The number of methoxy groups -OCH3 is 1. The van der Waals surface area contributed by atoms with E-state index in [1.54, 1.807) is 20.1 Å². The van der Waals surface area contributed by atoms with Crippen LogP contribution in [0.4, 0.5) is 15.8 Å². The molecule has 4 nitrogen and oxygen atoms in total. The number of unbranched alkanes of at least 4 members (excludes halogenated alkanes) is 1.